The van der Waals surface area contributed by atoms with Crippen LogP contribution in [0.4, 0.5) is 21.9 Å². The number of hydrogen-bond acceptors (Lipinski definition) is 10. The summed E-state index contributed by atoms with van der Waals surface area (Å²) in [6, 6.07) is 14.8. The van der Waals surface area contributed by atoms with Gasteiger partial charge in [0.15, 0.2) is 5.65 Å². The maximum absolute atomic E-state index is 13.5. The number of hydrogen-bond donors (Lipinski definition) is 2. The Balaban J connectivity index is 1.13. The molecule has 0 aliphatic carbocycles. The smallest absolute Gasteiger partial charge is 0.328 e. The average molecular weight is 622 g/mol. The quantitative estimate of drug-likeness (QED) is 0.211. The molecular weight excluding hydrogens is 586 g/mol. The van der Waals surface area contributed by atoms with Crippen molar-refractivity contribution >= 4 is 45.9 Å². The average Bonchev–Trinajstić information content (AvgIpc) is 3.66. The zero-order valence-corrected chi connectivity index (χ0v) is 25.5. The van der Waals surface area contributed by atoms with Crippen molar-refractivity contribution in [3.63, 3.8) is 0 Å². The van der Waals surface area contributed by atoms with Gasteiger partial charge in [0.25, 0.3) is 0 Å². The van der Waals surface area contributed by atoms with E-state index in [1.54, 1.807) is 13.2 Å². The van der Waals surface area contributed by atoms with Crippen LogP contribution in [0.5, 0.6) is 5.75 Å². The van der Waals surface area contributed by atoms with Crippen molar-refractivity contribution in [1.29, 1.82) is 0 Å². The van der Waals surface area contributed by atoms with E-state index in [0.29, 0.717) is 56.4 Å². The summed E-state index contributed by atoms with van der Waals surface area (Å²) in [6.45, 7) is 4.63. The lowest BCUT2D eigenvalue weighted by atomic mass is 10.1. The van der Waals surface area contributed by atoms with E-state index < -0.39 is 6.03 Å². The number of nitrogens with zero attached hydrogens (tertiary/aromatic N) is 5. The molecule has 0 saturated carbocycles. The van der Waals surface area contributed by atoms with Crippen LogP contribution in [0.25, 0.3) is 11.2 Å². The highest BCUT2D eigenvalue weighted by Gasteiger charge is 2.31. The third-order valence-electron chi connectivity index (χ3n) is 7.84. The van der Waals surface area contributed by atoms with E-state index in [-0.39, 0.29) is 17.3 Å². The first-order chi connectivity index (χ1) is 21.4. The number of morpholine rings is 1. The molecule has 13 heteroatoms. The molecule has 4 heterocycles. The summed E-state index contributed by atoms with van der Waals surface area (Å²) in [5.41, 5.74) is 11.6. The molecule has 2 atom stereocenters. The van der Waals surface area contributed by atoms with Crippen LogP contribution in [0, 0.1) is 0 Å². The Hall–Kier alpha value is -4.10. The fourth-order valence-electron chi connectivity index (χ4n) is 5.53. The maximum atomic E-state index is 13.5. The van der Waals surface area contributed by atoms with Gasteiger partial charge in [-0.3, -0.25) is 0 Å². The van der Waals surface area contributed by atoms with Crippen molar-refractivity contribution in [3.8, 4) is 5.75 Å². The first-order valence-corrected chi connectivity index (χ1v) is 14.9. The third-order valence-corrected chi connectivity index (χ3v) is 8.03. The van der Waals surface area contributed by atoms with Gasteiger partial charge in [0.1, 0.15) is 28.9 Å². The highest BCUT2D eigenvalue weighted by atomic mass is 35.5. The number of nitrogens with two attached hydrogens (primary N) is 1. The zero-order chi connectivity index (χ0) is 30.6. The van der Waals surface area contributed by atoms with Crippen LogP contribution < -0.4 is 25.6 Å². The second-order valence-corrected chi connectivity index (χ2v) is 11.3. The zero-order valence-electron chi connectivity index (χ0n) is 24.7. The molecule has 2 saturated heterocycles. The van der Waals surface area contributed by atoms with Gasteiger partial charge in [-0.25, -0.2) is 19.3 Å². The van der Waals surface area contributed by atoms with E-state index in [9.17, 15) is 4.79 Å². The number of carbonyl (C=O) groups excluding carboxylic acids is 1. The summed E-state index contributed by atoms with van der Waals surface area (Å²) in [4.78, 5) is 26.7. The summed E-state index contributed by atoms with van der Waals surface area (Å²) < 4.78 is 24.0. The first-order valence-electron chi connectivity index (χ1n) is 14.5. The number of anilines is 3. The number of benzene rings is 2. The van der Waals surface area contributed by atoms with E-state index in [4.69, 9.17) is 36.3 Å². The molecule has 0 bridgehead atoms. The van der Waals surface area contributed by atoms with Gasteiger partial charge < -0.3 is 39.8 Å². The molecule has 2 aromatic carbocycles. The van der Waals surface area contributed by atoms with Crippen molar-refractivity contribution in [2.75, 3.05) is 69.2 Å². The summed E-state index contributed by atoms with van der Waals surface area (Å²) in [5, 5.41) is 3.29. The van der Waals surface area contributed by atoms with Gasteiger partial charge in [-0.15, -0.1) is 0 Å². The molecular formula is C31H36ClN7O5. The molecule has 1 amide bonds. The standard InChI is InChI=1S/C31H36ClN7O5/c1-37(15-20-3-5-24(41-2)6-4-20)26-14-28(32)36-30-29(26)34-19-39(30)31(40)35-25-17-43-18-27(25)44-16-21-11-22(33)13-23(12-21)38-7-9-42-10-8-38/h3-6,11-14,19,25,27H,7-10,15-18,33H2,1-2H3,(H,35,40)/t25-,27-/m1/s1. The van der Waals surface area contributed by atoms with Gasteiger partial charge in [-0.2, -0.15) is 0 Å². The highest BCUT2D eigenvalue weighted by molar-refractivity contribution is 6.30. The molecule has 12 nitrogen and oxygen atoms in total. The van der Waals surface area contributed by atoms with Crippen LogP contribution in [0.3, 0.4) is 0 Å². The van der Waals surface area contributed by atoms with Crippen molar-refractivity contribution in [1.82, 2.24) is 19.9 Å². The Morgan fingerprint density at radius 1 is 1.11 bits per heavy atom. The van der Waals surface area contributed by atoms with E-state index in [2.05, 4.69) is 26.3 Å². The van der Waals surface area contributed by atoms with Crippen molar-refractivity contribution in [3.05, 3.63) is 71.1 Å². The molecule has 232 valence electrons. The normalized spacial score (nSPS) is 18.5. The lowest BCUT2D eigenvalue weighted by Crippen LogP contribution is -2.45. The van der Waals surface area contributed by atoms with E-state index in [1.165, 1.54) is 10.9 Å². The third kappa shape index (κ3) is 6.68. The Bertz CT molecular complexity index is 1610. The molecule has 0 spiro atoms. The largest absolute Gasteiger partial charge is 0.497 e. The van der Waals surface area contributed by atoms with Gasteiger partial charge in [0.05, 0.1) is 51.9 Å². The lowest BCUT2D eigenvalue weighted by molar-refractivity contribution is 0.0234. The van der Waals surface area contributed by atoms with E-state index in [0.717, 1.165) is 41.3 Å². The minimum Gasteiger partial charge on any atom is -0.497 e. The monoisotopic (exact) mass is 621 g/mol. The van der Waals surface area contributed by atoms with E-state index >= 15 is 0 Å². The van der Waals surface area contributed by atoms with Crippen LogP contribution in [0.2, 0.25) is 5.15 Å². The number of fused-ring (bicyclic) bond motifs is 1. The van der Waals surface area contributed by atoms with Crippen LogP contribution in [0.1, 0.15) is 11.1 Å². The van der Waals surface area contributed by atoms with Gasteiger partial charge in [-0.1, -0.05) is 23.7 Å². The number of amides is 1. The molecule has 6 rings (SSSR count). The number of halogens is 1. The number of methoxy groups -OCH3 is 1. The van der Waals surface area contributed by atoms with Crippen molar-refractivity contribution in [2.24, 2.45) is 0 Å². The Kier molecular flexibility index (Phi) is 9.03. The molecule has 2 aliphatic rings. The topological polar surface area (TPSA) is 129 Å². The predicted molar refractivity (Wildman–Crippen MR) is 169 cm³/mol. The van der Waals surface area contributed by atoms with Gasteiger partial charge in [0.2, 0.25) is 0 Å². The Morgan fingerprint density at radius 2 is 1.91 bits per heavy atom. The van der Waals surface area contributed by atoms with Gasteiger partial charge in [0, 0.05) is 44.1 Å². The van der Waals surface area contributed by atoms with Crippen molar-refractivity contribution in [2.45, 2.75) is 25.3 Å². The molecule has 2 aromatic heterocycles. The van der Waals surface area contributed by atoms with Gasteiger partial charge in [-0.05, 0) is 41.5 Å². The van der Waals surface area contributed by atoms with Crippen LogP contribution in [-0.2, 0) is 27.4 Å². The van der Waals surface area contributed by atoms with Crippen LogP contribution in [-0.4, -0.2) is 86.4 Å². The number of ether oxygens (including phenoxy) is 4. The fourth-order valence-corrected chi connectivity index (χ4v) is 5.71. The molecule has 0 unspecified atom stereocenters. The number of aromatic nitrogens is 3. The van der Waals surface area contributed by atoms with Gasteiger partial charge >= 0.3 is 6.03 Å². The molecule has 3 N–H and O–H groups in total. The van der Waals surface area contributed by atoms with E-state index in [1.807, 2.05) is 48.3 Å². The number of imidazole rings is 1. The summed E-state index contributed by atoms with van der Waals surface area (Å²) >= 11 is 6.42. The number of pyridine rings is 1. The highest BCUT2D eigenvalue weighted by Crippen LogP contribution is 2.29. The van der Waals surface area contributed by atoms with Crippen LogP contribution >= 0.6 is 11.6 Å². The summed E-state index contributed by atoms with van der Waals surface area (Å²) in [5.74, 6) is 0.790. The number of nitrogens with one attached hydrogen (secondary N) is 1. The molecule has 2 aliphatic heterocycles. The van der Waals surface area contributed by atoms with Crippen molar-refractivity contribution < 1.29 is 23.7 Å². The minimum absolute atomic E-state index is 0.257. The second-order valence-electron chi connectivity index (χ2n) is 10.9. The molecule has 0 radical (unpaired) electrons. The Labute approximate surface area is 260 Å². The molecule has 4 aromatic rings. The summed E-state index contributed by atoms with van der Waals surface area (Å²) in [6.07, 6.45) is 1.12. The van der Waals surface area contributed by atoms with Crippen LogP contribution in [0.15, 0.2) is 54.9 Å². The first kappa shape index (κ1) is 29.9. The molecule has 44 heavy (non-hydrogen) atoms. The lowest BCUT2D eigenvalue weighted by Gasteiger charge is -2.29. The number of rotatable bonds is 9. The number of nitrogen functional groups attached to an aromatic ring is 1. The predicted octanol–water partition coefficient (Wildman–Crippen LogP) is 3.69. The minimum atomic E-state index is -0.395. The maximum Gasteiger partial charge on any atom is 0.328 e. The number of carbonyl (C=O) groups is 1. The fraction of sp³-hybridized carbons (Fsp3) is 0.387. The SMILES string of the molecule is COc1ccc(CN(C)c2cc(Cl)nc3c2ncn3C(=O)N[C@@H]2COC[C@H]2OCc2cc(N)cc(N3CCOCC3)c2)cc1. The summed E-state index contributed by atoms with van der Waals surface area (Å²) in [7, 11) is 3.58. The second kappa shape index (κ2) is 13.3. The molecule has 2 fully saturated rings. The Morgan fingerprint density at radius 3 is 2.68 bits per heavy atom.